The Morgan fingerprint density at radius 3 is 2.14 bits per heavy atom. The normalized spacial score (nSPS) is 32.0. The summed E-state index contributed by atoms with van der Waals surface area (Å²) in [6, 6.07) is 0. The van der Waals surface area contributed by atoms with E-state index in [-0.39, 0.29) is 0 Å². The lowest BCUT2D eigenvalue weighted by molar-refractivity contribution is -0.880. The Morgan fingerprint density at radius 1 is 1.21 bits per heavy atom. The molecule has 0 bridgehead atoms. The van der Waals surface area contributed by atoms with Gasteiger partial charge in [0.1, 0.15) is 9.84 Å². The molecule has 0 amide bonds. The molecule has 1 saturated heterocycles. The van der Waals surface area contributed by atoms with Crippen molar-refractivity contribution < 1.29 is 12.9 Å². The monoisotopic (exact) mass is 220 g/mol. The molecule has 1 fully saturated rings. The number of nitrogens with zero attached hydrogens (tertiary/aromatic N) is 1. The van der Waals surface area contributed by atoms with E-state index in [1.54, 1.807) is 0 Å². The van der Waals surface area contributed by atoms with Crippen molar-refractivity contribution in [2.45, 2.75) is 13.3 Å². The smallest absolute Gasteiger partial charge is 0.147 e. The van der Waals surface area contributed by atoms with Gasteiger partial charge in [0.25, 0.3) is 0 Å². The van der Waals surface area contributed by atoms with Crippen LogP contribution in [0.5, 0.6) is 0 Å². The van der Waals surface area contributed by atoms with Crippen LogP contribution >= 0.6 is 0 Å². The highest BCUT2D eigenvalue weighted by Gasteiger charge is 2.40. The van der Waals surface area contributed by atoms with Gasteiger partial charge in [-0.15, -0.1) is 0 Å². The van der Waals surface area contributed by atoms with Gasteiger partial charge in [0.15, 0.2) is 0 Å². The second kappa shape index (κ2) is 3.81. The van der Waals surface area contributed by atoms with Gasteiger partial charge >= 0.3 is 0 Å². The molecule has 0 aliphatic carbocycles. The predicted molar refractivity (Wildman–Crippen MR) is 58.8 cm³/mol. The van der Waals surface area contributed by atoms with Crippen LogP contribution in [-0.2, 0) is 9.84 Å². The van der Waals surface area contributed by atoms with E-state index in [0.29, 0.717) is 17.6 Å². The fourth-order valence-electron chi connectivity index (χ4n) is 2.68. The molecule has 2 atom stereocenters. The molecule has 0 aromatic heterocycles. The van der Waals surface area contributed by atoms with Crippen LogP contribution in [0.15, 0.2) is 0 Å². The minimum atomic E-state index is -2.81. The molecule has 4 heteroatoms. The minimum absolute atomic E-state index is 0.366. The molecule has 1 rings (SSSR count). The average Bonchev–Trinajstić information content (AvgIpc) is 2.21. The molecule has 0 radical (unpaired) electrons. The van der Waals surface area contributed by atoms with Gasteiger partial charge in [-0.1, -0.05) is 6.92 Å². The fourth-order valence-corrected chi connectivity index (χ4v) is 3.84. The van der Waals surface area contributed by atoms with Crippen molar-refractivity contribution in [2.75, 3.05) is 39.2 Å². The van der Waals surface area contributed by atoms with Gasteiger partial charge < -0.3 is 4.48 Å². The zero-order chi connectivity index (χ0) is 11.0. The summed E-state index contributed by atoms with van der Waals surface area (Å²) in [6.45, 7) is 4.29. The van der Waals surface area contributed by atoms with Gasteiger partial charge in [-0.2, -0.15) is 0 Å². The van der Waals surface area contributed by atoms with Gasteiger partial charge in [-0.05, 0) is 6.42 Å². The SMILES string of the molecule is CCC1C[N+](C)(C)CC1CS(C)(=O)=O. The topological polar surface area (TPSA) is 34.1 Å². The summed E-state index contributed by atoms with van der Waals surface area (Å²) in [6.07, 6.45) is 2.44. The maximum absolute atomic E-state index is 11.3. The summed E-state index contributed by atoms with van der Waals surface area (Å²) in [5.74, 6) is 1.32. The van der Waals surface area contributed by atoms with Crippen LogP contribution in [0.25, 0.3) is 0 Å². The molecule has 84 valence electrons. The number of rotatable bonds is 3. The van der Waals surface area contributed by atoms with Gasteiger partial charge in [0.05, 0.1) is 32.9 Å². The predicted octanol–water partition coefficient (Wildman–Crippen LogP) is 0.763. The van der Waals surface area contributed by atoms with E-state index in [1.807, 2.05) is 0 Å². The largest absolute Gasteiger partial charge is 0.328 e. The summed E-state index contributed by atoms with van der Waals surface area (Å²) in [5.41, 5.74) is 0. The third-order valence-corrected chi connectivity index (χ3v) is 4.20. The Bertz CT molecular complexity index is 295. The highest BCUT2D eigenvalue weighted by Crippen LogP contribution is 2.30. The van der Waals surface area contributed by atoms with Crippen LogP contribution in [0.3, 0.4) is 0 Å². The maximum Gasteiger partial charge on any atom is 0.147 e. The van der Waals surface area contributed by atoms with E-state index >= 15 is 0 Å². The zero-order valence-corrected chi connectivity index (χ0v) is 10.5. The van der Waals surface area contributed by atoms with E-state index in [4.69, 9.17) is 0 Å². The Hall–Kier alpha value is -0.0900. The van der Waals surface area contributed by atoms with Crippen LogP contribution in [-0.4, -0.2) is 52.1 Å². The molecule has 0 N–H and O–H groups in total. The molecule has 0 aromatic rings. The van der Waals surface area contributed by atoms with Gasteiger partial charge in [0, 0.05) is 18.1 Å². The Labute approximate surface area is 87.6 Å². The standard InChI is InChI=1S/C10H22NO2S/c1-5-9-6-11(2,3)7-10(9)8-14(4,12)13/h9-10H,5-8H2,1-4H3/q+1. The van der Waals surface area contributed by atoms with Crippen LogP contribution in [0, 0.1) is 11.8 Å². The highest BCUT2D eigenvalue weighted by atomic mass is 32.2. The summed E-state index contributed by atoms with van der Waals surface area (Å²) < 4.78 is 23.5. The van der Waals surface area contributed by atoms with Crippen molar-refractivity contribution in [1.82, 2.24) is 0 Å². The fraction of sp³-hybridized carbons (Fsp3) is 1.00. The highest BCUT2D eigenvalue weighted by molar-refractivity contribution is 7.90. The first-order valence-corrected chi connectivity index (χ1v) is 7.29. The molecule has 14 heavy (non-hydrogen) atoms. The summed E-state index contributed by atoms with van der Waals surface area (Å²) in [7, 11) is 1.56. The molecule has 3 nitrogen and oxygen atoms in total. The van der Waals surface area contributed by atoms with Gasteiger partial charge in [0.2, 0.25) is 0 Å². The van der Waals surface area contributed by atoms with Gasteiger partial charge in [-0.25, -0.2) is 8.42 Å². The van der Waals surface area contributed by atoms with Crippen LogP contribution < -0.4 is 0 Å². The van der Waals surface area contributed by atoms with E-state index in [2.05, 4.69) is 21.0 Å². The zero-order valence-electron chi connectivity index (χ0n) is 9.66. The summed E-state index contributed by atoms with van der Waals surface area (Å²) in [5, 5.41) is 0. The van der Waals surface area contributed by atoms with Crippen LogP contribution in [0.1, 0.15) is 13.3 Å². The van der Waals surface area contributed by atoms with Crippen LogP contribution in [0.2, 0.25) is 0 Å². The van der Waals surface area contributed by atoms with Crippen molar-refractivity contribution >= 4 is 9.84 Å². The van der Waals surface area contributed by atoms with Crippen molar-refractivity contribution in [3.05, 3.63) is 0 Å². The first kappa shape index (κ1) is 12.0. The van der Waals surface area contributed by atoms with Crippen LogP contribution in [0.4, 0.5) is 0 Å². The van der Waals surface area contributed by atoms with Crippen molar-refractivity contribution in [2.24, 2.45) is 11.8 Å². The quantitative estimate of drug-likeness (QED) is 0.658. The Morgan fingerprint density at radius 2 is 1.71 bits per heavy atom. The molecule has 1 heterocycles. The lowest BCUT2D eigenvalue weighted by Crippen LogP contribution is -2.37. The van der Waals surface area contributed by atoms with Crippen molar-refractivity contribution in [3.63, 3.8) is 0 Å². The molecule has 0 aromatic carbocycles. The maximum atomic E-state index is 11.3. The molecule has 0 saturated carbocycles. The first-order valence-electron chi connectivity index (χ1n) is 5.23. The number of quaternary nitrogens is 1. The third kappa shape index (κ3) is 3.24. The second-order valence-corrected chi connectivity index (χ2v) is 7.51. The van der Waals surface area contributed by atoms with Crippen molar-refractivity contribution in [1.29, 1.82) is 0 Å². The number of likely N-dealkylation sites (tertiary alicyclic amines) is 1. The van der Waals surface area contributed by atoms with Gasteiger partial charge in [-0.3, -0.25) is 0 Å². The second-order valence-electron chi connectivity index (χ2n) is 5.32. The molecule has 2 unspecified atom stereocenters. The Kier molecular flexibility index (Phi) is 3.26. The number of sulfone groups is 1. The molecular formula is C10H22NO2S+. The Balaban J connectivity index is 2.70. The van der Waals surface area contributed by atoms with E-state index in [1.165, 1.54) is 6.26 Å². The third-order valence-electron chi connectivity index (χ3n) is 3.17. The molecule has 0 spiro atoms. The molecular weight excluding hydrogens is 198 g/mol. The lowest BCUT2D eigenvalue weighted by Gasteiger charge is -2.23. The minimum Gasteiger partial charge on any atom is -0.328 e. The molecule has 1 aliphatic rings. The lowest BCUT2D eigenvalue weighted by atomic mass is 9.96. The van der Waals surface area contributed by atoms with E-state index in [0.717, 1.165) is 24.0 Å². The summed E-state index contributed by atoms with van der Waals surface area (Å²) >= 11 is 0. The van der Waals surface area contributed by atoms with Crippen molar-refractivity contribution in [3.8, 4) is 0 Å². The molecule has 1 aliphatic heterocycles. The number of hydrogen-bond donors (Lipinski definition) is 0. The summed E-state index contributed by atoms with van der Waals surface area (Å²) in [4.78, 5) is 0. The van der Waals surface area contributed by atoms with E-state index < -0.39 is 9.84 Å². The average molecular weight is 220 g/mol. The number of hydrogen-bond acceptors (Lipinski definition) is 2. The first-order chi connectivity index (χ1) is 6.23. The van der Waals surface area contributed by atoms with E-state index in [9.17, 15) is 8.42 Å².